The fourth-order valence-corrected chi connectivity index (χ4v) is 3.81. The number of ether oxygens (including phenoxy) is 2. The molecule has 2 aliphatic rings. The summed E-state index contributed by atoms with van der Waals surface area (Å²) in [6.45, 7) is 5.10. The molecule has 4 rings (SSSR count). The second-order valence-electron chi connectivity index (χ2n) is 7.38. The van der Waals surface area contributed by atoms with Crippen LogP contribution >= 0.6 is 0 Å². The molecule has 2 heterocycles. The molecule has 2 aromatic carbocycles. The van der Waals surface area contributed by atoms with E-state index in [0.717, 1.165) is 49.5 Å². The van der Waals surface area contributed by atoms with Crippen LogP contribution in [0.4, 0.5) is 0 Å². The molecule has 2 aromatic rings. The molecular formula is C22H26N2O3. The normalized spacial score (nSPS) is 18.3. The molecule has 1 saturated heterocycles. The number of nitrogens with zero attached hydrogens (tertiary/aromatic N) is 1. The number of amides is 1. The van der Waals surface area contributed by atoms with E-state index in [1.54, 1.807) is 0 Å². The first-order chi connectivity index (χ1) is 13.2. The second kappa shape index (κ2) is 8.01. The van der Waals surface area contributed by atoms with E-state index >= 15 is 0 Å². The fourth-order valence-electron chi connectivity index (χ4n) is 3.81. The molecular weight excluding hydrogens is 340 g/mol. The number of hydrogen-bond donors (Lipinski definition) is 1. The van der Waals surface area contributed by atoms with Crippen molar-refractivity contribution in [3.05, 3.63) is 59.7 Å². The molecule has 1 atom stereocenters. The number of hydrogen-bond acceptors (Lipinski definition) is 4. The predicted molar refractivity (Wildman–Crippen MR) is 104 cm³/mol. The van der Waals surface area contributed by atoms with Gasteiger partial charge in [-0.2, -0.15) is 0 Å². The van der Waals surface area contributed by atoms with Crippen LogP contribution in [0.2, 0.25) is 0 Å². The maximum absolute atomic E-state index is 12.6. The summed E-state index contributed by atoms with van der Waals surface area (Å²) in [5.74, 6) is 1.93. The van der Waals surface area contributed by atoms with Crippen LogP contribution in [-0.4, -0.2) is 30.7 Å². The highest BCUT2D eigenvalue weighted by molar-refractivity contribution is 5.79. The highest BCUT2D eigenvalue weighted by atomic mass is 16.7. The molecule has 0 radical (unpaired) electrons. The Morgan fingerprint density at radius 2 is 1.85 bits per heavy atom. The highest BCUT2D eigenvalue weighted by Gasteiger charge is 2.26. The summed E-state index contributed by atoms with van der Waals surface area (Å²) in [4.78, 5) is 15.0. The zero-order valence-corrected chi connectivity index (χ0v) is 15.7. The van der Waals surface area contributed by atoms with Crippen molar-refractivity contribution in [1.82, 2.24) is 10.2 Å². The maximum Gasteiger partial charge on any atom is 0.231 e. The van der Waals surface area contributed by atoms with Gasteiger partial charge in [-0.25, -0.2) is 0 Å². The van der Waals surface area contributed by atoms with Gasteiger partial charge >= 0.3 is 0 Å². The molecule has 27 heavy (non-hydrogen) atoms. The number of piperidine rings is 1. The third-order valence-corrected chi connectivity index (χ3v) is 5.46. The number of nitrogens with one attached hydrogen (secondary N) is 1. The maximum atomic E-state index is 12.6. The minimum absolute atomic E-state index is 0.0466. The van der Waals surface area contributed by atoms with Crippen molar-refractivity contribution in [1.29, 1.82) is 0 Å². The second-order valence-corrected chi connectivity index (χ2v) is 7.38. The average Bonchev–Trinajstić information content (AvgIpc) is 3.17. The zero-order valence-electron chi connectivity index (χ0n) is 15.7. The van der Waals surface area contributed by atoms with Gasteiger partial charge in [0.05, 0.1) is 6.04 Å². The van der Waals surface area contributed by atoms with Crippen molar-refractivity contribution in [2.24, 2.45) is 5.92 Å². The van der Waals surface area contributed by atoms with Gasteiger partial charge in [0.2, 0.25) is 12.7 Å². The standard InChI is InChI=1S/C22H26N2O3/c1-16(18-5-3-2-4-6-18)23-22(25)19-9-11-24(12-10-19)14-17-7-8-20-21(13-17)27-15-26-20/h2-8,13,16,19H,9-12,14-15H2,1H3,(H,23,25). The topological polar surface area (TPSA) is 50.8 Å². The van der Waals surface area contributed by atoms with E-state index in [1.807, 2.05) is 31.2 Å². The summed E-state index contributed by atoms with van der Waals surface area (Å²) in [7, 11) is 0. The Morgan fingerprint density at radius 1 is 1.11 bits per heavy atom. The summed E-state index contributed by atoms with van der Waals surface area (Å²) in [5.41, 5.74) is 2.37. The minimum Gasteiger partial charge on any atom is -0.454 e. The number of rotatable bonds is 5. The van der Waals surface area contributed by atoms with Crippen LogP contribution in [0.15, 0.2) is 48.5 Å². The molecule has 0 spiro atoms. The van der Waals surface area contributed by atoms with Gasteiger partial charge in [-0.05, 0) is 56.1 Å². The van der Waals surface area contributed by atoms with E-state index in [9.17, 15) is 4.79 Å². The van der Waals surface area contributed by atoms with Gasteiger partial charge in [0.25, 0.3) is 0 Å². The number of carbonyl (C=O) groups excluding carboxylic acids is 1. The first kappa shape index (κ1) is 17.9. The number of likely N-dealkylation sites (tertiary alicyclic amines) is 1. The highest BCUT2D eigenvalue weighted by Crippen LogP contribution is 2.33. The predicted octanol–water partition coefficient (Wildman–Crippen LogP) is 3.50. The lowest BCUT2D eigenvalue weighted by Gasteiger charge is -2.32. The van der Waals surface area contributed by atoms with Crippen molar-refractivity contribution in [3.8, 4) is 11.5 Å². The Bertz CT molecular complexity index is 785. The number of carbonyl (C=O) groups is 1. The van der Waals surface area contributed by atoms with Crippen molar-refractivity contribution in [3.63, 3.8) is 0 Å². The smallest absolute Gasteiger partial charge is 0.231 e. The van der Waals surface area contributed by atoms with Gasteiger partial charge in [-0.3, -0.25) is 9.69 Å². The minimum atomic E-state index is 0.0466. The third-order valence-electron chi connectivity index (χ3n) is 5.46. The molecule has 1 amide bonds. The number of benzene rings is 2. The lowest BCUT2D eigenvalue weighted by atomic mass is 9.95. The average molecular weight is 366 g/mol. The lowest BCUT2D eigenvalue weighted by Crippen LogP contribution is -2.40. The molecule has 1 N–H and O–H groups in total. The Hall–Kier alpha value is -2.53. The van der Waals surface area contributed by atoms with Crippen LogP contribution in [0, 0.1) is 5.92 Å². The van der Waals surface area contributed by atoms with Gasteiger partial charge in [0.1, 0.15) is 0 Å². The Morgan fingerprint density at radius 3 is 2.63 bits per heavy atom. The molecule has 0 bridgehead atoms. The van der Waals surface area contributed by atoms with E-state index in [-0.39, 0.29) is 17.9 Å². The van der Waals surface area contributed by atoms with E-state index in [0.29, 0.717) is 6.79 Å². The molecule has 0 saturated carbocycles. The quantitative estimate of drug-likeness (QED) is 0.880. The molecule has 5 nitrogen and oxygen atoms in total. The Labute approximate surface area is 160 Å². The summed E-state index contributed by atoms with van der Waals surface area (Å²) >= 11 is 0. The lowest BCUT2D eigenvalue weighted by molar-refractivity contribution is -0.127. The SMILES string of the molecule is CC(NC(=O)C1CCN(Cc2ccc3c(c2)OCO3)CC1)c1ccccc1. The monoisotopic (exact) mass is 366 g/mol. The van der Waals surface area contributed by atoms with E-state index in [1.165, 1.54) is 5.56 Å². The molecule has 1 unspecified atom stereocenters. The van der Waals surface area contributed by atoms with E-state index < -0.39 is 0 Å². The van der Waals surface area contributed by atoms with Gasteiger partial charge in [0, 0.05) is 12.5 Å². The van der Waals surface area contributed by atoms with Crippen LogP contribution in [0.5, 0.6) is 11.5 Å². The molecule has 0 aliphatic carbocycles. The van der Waals surface area contributed by atoms with Crippen molar-refractivity contribution in [2.75, 3.05) is 19.9 Å². The molecule has 1 fully saturated rings. The Kier molecular flexibility index (Phi) is 5.30. The largest absolute Gasteiger partial charge is 0.454 e. The third kappa shape index (κ3) is 4.25. The van der Waals surface area contributed by atoms with Crippen LogP contribution in [-0.2, 0) is 11.3 Å². The van der Waals surface area contributed by atoms with Crippen LogP contribution in [0.3, 0.4) is 0 Å². The van der Waals surface area contributed by atoms with Crippen LogP contribution < -0.4 is 14.8 Å². The summed E-state index contributed by atoms with van der Waals surface area (Å²) in [6, 6.07) is 16.3. The van der Waals surface area contributed by atoms with E-state index in [2.05, 4.69) is 34.5 Å². The fraction of sp³-hybridized carbons (Fsp3) is 0.409. The van der Waals surface area contributed by atoms with Gasteiger partial charge in [-0.15, -0.1) is 0 Å². The zero-order chi connectivity index (χ0) is 18.6. The van der Waals surface area contributed by atoms with Crippen molar-refractivity contribution in [2.45, 2.75) is 32.4 Å². The van der Waals surface area contributed by atoms with Crippen molar-refractivity contribution >= 4 is 5.91 Å². The molecule has 142 valence electrons. The Balaban J connectivity index is 1.26. The molecule has 2 aliphatic heterocycles. The first-order valence-corrected chi connectivity index (χ1v) is 9.65. The first-order valence-electron chi connectivity index (χ1n) is 9.65. The van der Waals surface area contributed by atoms with Gasteiger partial charge in [0.15, 0.2) is 11.5 Å². The van der Waals surface area contributed by atoms with Crippen LogP contribution in [0.1, 0.15) is 36.9 Å². The van der Waals surface area contributed by atoms with Crippen LogP contribution in [0.25, 0.3) is 0 Å². The summed E-state index contributed by atoms with van der Waals surface area (Å²) < 4.78 is 10.8. The van der Waals surface area contributed by atoms with E-state index in [4.69, 9.17) is 9.47 Å². The van der Waals surface area contributed by atoms with Gasteiger partial charge < -0.3 is 14.8 Å². The number of fused-ring (bicyclic) bond motifs is 1. The summed E-state index contributed by atoms with van der Waals surface area (Å²) in [6.07, 6.45) is 1.80. The van der Waals surface area contributed by atoms with Crippen molar-refractivity contribution < 1.29 is 14.3 Å². The van der Waals surface area contributed by atoms with Gasteiger partial charge in [-0.1, -0.05) is 36.4 Å². The summed E-state index contributed by atoms with van der Waals surface area (Å²) in [5, 5.41) is 3.17. The molecule has 5 heteroatoms. The molecule has 0 aromatic heterocycles.